The summed E-state index contributed by atoms with van der Waals surface area (Å²) in [5.41, 5.74) is 2.94. The Bertz CT molecular complexity index is 754. The minimum atomic E-state index is 0.486. The minimum absolute atomic E-state index is 0.486. The number of halogens is 2. The van der Waals surface area contributed by atoms with Gasteiger partial charge in [0.1, 0.15) is 5.15 Å². The summed E-state index contributed by atoms with van der Waals surface area (Å²) in [5, 5.41) is 2.27. The molecule has 0 aliphatic rings. The molecule has 0 fully saturated rings. The highest BCUT2D eigenvalue weighted by Crippen LogP contribution is 2.32. The van der Waals surface area contributed by atoms with E-state index in [1.807, 2.05) is 61.6 Å². The summed E-state index contributed by atoms with van der Waals surface area (Å²) in [6.07, 6.45) is 0. The number of pyridine rings is 1. The Balaban J connectivity index is 2.15. The molecule has 0 bridgehead atoms. The zero-order valence-corrected chi connectivity index (χ0v) is 12.4. The van der Waals surface area contributed by atoms with E-state index in [1.165, 1.54) is 0 Å². The zero-order valence-electron chi connectivity index (χ0n) is 10.8. The lowest BCUT2D eigenvalue weighted by Gasteiger charge is -2.21. The SMILES string of the molecule is CN(c1ccc(Cl)cc1)c1cc(Cl)nc2ccccc12. The van der Waals surface area contributed by atoms with Gasteiger partial charge < -0.3 is 4.90 Å². The lowest BCUT2D eigenvalue weighted by Crippen LogP contribution is -2.10. The van der Waals surface area contributed by atoms with Crippen molar-refractivity contribution in [3.8, 4) is 0 Å². The van der Waals surface area contributed by atoms with Crippen LogP contribution in [0.1, 0.15) is 0 Å². The summed E-state index contributed by atoms with van der Waals surface area (Å²) in [7, 11) is 2.00. The Labute approximate surface area is 127 Å². The number of hydrogen-bond donors (Lipinski definition) is 0. The van der Waals surface area contributed by atoms with Gasteiger partial charge in [-0.15, -0.1) is 0 Å². The molecule has 2 aromatic carbocycles. The number of anilines is 2. The molecule has 0 spiro atoms. The van der Waals surface area contributed by atoms with Crippen molar-refractivity contribution in [1.82, 2.24) is 4.98 Å². The molecular weight excluding hydrogens is 291 g/mol. The second kappa shape index (κ2) is 5.31. The highest BCUT2D eigenvalue weighted by molar-refractivity contribution is 6.31. The van der Waals surface area contributed by atoms with Gasteiger partial charge >= 0.3 is 0 Å². The fourth-order valence-electron chi connectivity index (χ4n) is 2.21. The molecule has 3 rings (SSSR count). The van der Waals surface area contributed by atoms with Gasteiger partial charge in [-0.05, 0) is 36.4 Å². The molecule has 0 unspecified atom stereocenters. The summed E-state index contributed by atoms with van der Waals surface area (Å²) in [5.74, 6) is 0. The molecule has 4 heteroatoms. The van der Waals surface area contributed by atoms with Gasteiger partial charge in [-0.3, -0.25) is 0 Å². The fraction of sp³-hybridized carbons (Fsp3) is 0.0625. The van der Waals surface area contributed by atoms with Crippen molar-refractivity contribution in [1.29, 1.82) is 0 Å². The lowest BCUT2D eigenvalue weighted by molar-refractivity contribution is 1.21. The topological polar surface area (TPSA) is 16.1 Å². The van der Waals surface area contributed by atoms with E-state index in [0.29, 0.717) is 5.15 Å². The molecule has 0 aliphatic carbocycles. The number of nitrogens with zero attached hydrogens (tertiary/aromatic N) is 2. The molecule has 0 saturated carbocycles. The summed E-state index contributed by atoms with van der Waals surface area (Å²) < 4.78 is 0. The fourth-order valence-corrected chi connectivity index (χ4v) is 2.53. The van der Waals surface area contributed by atoms with Crippen molar-refractivity contribution in [3.05, 3.63) is 64.8 Å². The molecule has 1 aromatic heterocycles. The summed E-state index contributed by atoms with van der Waals surface area (Å²) in [6, 6.07) is 17.5. The molecule has 1 heterocycles. The van der Waals surface area contributed by atoms with Crippen LogP contribution in [0.15, 0.2) is 54.6 Å². The third-order valence-corrected chi connectivity index (χ3v) is 3.68. The summed E-state index contributed by atoms with van der Waals surface area (Å²) in [4.78, 5) is 6.42. The molecule has 0 amide bonds. The van der Waals surface area contributed by atoms with Crippen molar-refractivity contribution in [2.24, 2.45) is 0 Å². The molecule has 0 aliphatic heterocycles. The molecule has 0 atom stereocenters. The molecular formula is C16H12Cl2N2. The summed E-state index contributed by atoms with van der Waals surface area (Å²) >= 11 is 12.1. The normalized spacial score (nSPS) is 10.8. The van der Waals surface area contributed by atoms with Crippen LogP contribution in [0.25, 0.3) is 10.9 Å². The molecule has 0 N–H and O–H groups in total. The average Bonchev–Trinajstić information content (AvgIpc) is 2.46. The van der Waals surface area contributed by atoms with Crippen molar-refractivity contribution < 1.29 is 0 Å². The van der Waals surface area contributed by atoms with Crippen LogP contribution >= 0.6 is 23.2 Å². The van der Waals surface area contributed by atoms with Gasteiger partial charge in [0, 0.05) is 23.1 Å². The van der Waals surface area contributed by atoms with Crippen LogP contribution in [0.2, 0.25) is 10.2 Å². The Morgan fingerprint density at radius 1 is 0.950 bits per heavy atom. The predicted molar refractivity (Wildman–Crippen MR) is 86.3 cm³/mol. The van der Waals surface area contributed by atoms with Crippen LogP contribution in [-0.4, -0.2) is 12.0 Å². The highest BCUT2D eigenvalue weighted by Gasteiger charge is 2.10. The standard InChI is InChI=1S/C16H12Cl2N2/c1-20(12-8-6-11(17)7-9-12)15-10-16(18)19-14-5-3-2-4-13(14)15/h2-10H,1H3. The quantitative estimate of drug-likeness (QED) is 0.596. The largest absolute Gasteiger partial charge is 0.344 e. The maximum Gasteiger partial charge on any atom is 0.131 e. The van der Waals surface area contributed by atoms with Crippen molar-refractivity contribution in [2.45, 2.75) is 0 Å². The van der Waals surface area contributed by atoms with E-state index >= 15 is 0 Å². The lowest BCUT2D eigenvalue weighted by atomic mass is 10.1. The molecule has 20 heavy (non-hydrogen) atoms. The van der Waals surface area contributed by atoms with Gasteiger partial charge in [-0.2, -0.15) is 0 Å². The number of aromatic nitrogens is 1. The van der Waals surface area contributed by atoms with Crippen molar-refractivity contribution >= 4 is 45.5 Å². The number of rotatable bonds is 2. The zero-order chi connectivity index (χ0) is 14.1. The monoisotopic (exact) mass is 302 g/mol. The Morgan fingerprint density at radius 3 is 2.40 bits per heavy atom. The number of hydrogen-bond acceptors (Lipinski definition) is 2. The van der Waals surface area contributed by atoms with Gasteiger partial charge in [0.15, 0.2) is 0 Å². The van der Waals surface area contributed by atoms with Gasteiger partial charge in [-0.1, -0.05) is 41.4 Å². The molecule has 0 saturated heterocycles. The summed E-state index contributed by atoms with van der Waals surface area (Å²) in [6.45, 7) is 0. The first-order chi connectivity index (χ1) is 9.65. The maximum absolute atomic E-state index is 6.12. The van der Waals surface area contributed by atoms with E-state index in [-0.39, 0.29) is 0 Å². The van der Waals surface area contributed by atoms with Crippen LogP contribution in [0.5, 0.6) is 0 Å². The first-order valence-corrected chi connectivity index (χ1v) is 6.95. The highest BCUT2D eigenvalue weighted by atomic mass is 35.5. The minimum Gasteiger partial charge on any atom is -0.344 e. The first-order valence-electron chi connectivity index (χ1n) is 6.20. The third-order valence-electron chi connectivity index (χ3n) is 3.24. The van der Waals surface area contributed by atoms with Crippen molar-refractivity contribution in [3.63, 3.8) is 0 Å². The van der Waals surface area contributed by atoms with Gasteiger partial charge in [-0.25, -0.2) is 4.98 Å². The Morgan fingerprint density at radius 2 is 1.65 bits per heavy atom. The van der Waals surface area contributed by atoms with Gasteiger partial charge in [0.2, 0.25) is 0 Å². The Hall–Kier alpha value is -1.77. The van der Waals surface area contributed by atoms with Gasteiger partial charge in [0.25, 0.3) is 0 Å². The number of para-hydroxylation sites is 1. The van der Waals surface area contributed by atoms with E-state index in [2.05, 4.69) is 9.88 Å². The second-order valence-electron chi connectivity index (χ2n) is 4.52. The van der Waals surface area contributed by atoms with E-state index in [4.69, 9.17) is 23.2 Å². The molecule has 3 aromatic rings. The van der Waals surface area contributed by atoms with Crippen LogP contribution < -0.4 is 4.90 Å². The Kier molecular flexibility index (Phi) is 3.51. The average molecular weight is 303 g/mol. The number of fused-ring (bicyclic) bond motifs is 1. The second-order valence-corrected chi connectivity index (χ2v) is 5.34. The third kappa shape index (κ3) is 2.45. The van der Waals surface area contributed by atoms with E-state index in [9.17, 15) is 0 Å². The smallest absolute Gasteiger partial charge is 0.131 e. The van der Waals surface area contributed by atoms with E-state index < -0.39 is 0 Å². The predicted octanol–water partition coefficient (Wildman–Crippen LogP) is 5.31. The van der Waals surface area contributed by atoms with Crippen LogP contribution in [0.3, 0.4) is 0 Å². The molecule has 2 nitrogen and oxygen atoms in total. The van der Waals surface area contributed by atoms with Crippen LogP contribution in [0.4, 0.5) is 11.4 Å². The van der Waals surface area contributed by atoms with E-state index in [0.717, 1.165) is 27.3 Å². The first kappa shape index (κ1) is 13.2. The van der Waals surface area contributed by atoms with Crippen molar-refractivity contribution in [2.75, 3.05) is 11.9 Å². The number of benzene rings is 2. The maximum atomic E-state index is 6.12. The molecule has 0 radical (unpaired) electrons. The van der Waals surface area contributed by atoms with E-state index in [1.54, 1.807) is 0 Å². The van der Waals surface area contributed by atoms with Crippen LogP contribution in [0, 0.1) is 0 Å². The van der Waals surface area contributed by atoms with Crippen LogP contribution in [-0.2, 0) is 0 Å². The van der Waals surface area contributed by atoms with Gasteiger partial charge in [0.05, 0.1) is 11.2 Å². The molecule has 100 valence electrons.